The summed E-state index contributed by atoms with van der Waals surface area (Å²) in [7, 11) is 0. The van der Waals surface area contributed by atoms with Gasteiger partial charge in [0.15, 0.2) is 17.4 Å². The van der Waals surface area contributed by atoms with Crippen LogP contribution in [0.2, 0.25) is 0 Å². The van der Waals surface area contributed by atoms with Crippen LogP contribution in [0.25, 0.3) is 11.2 Å². The van der Waals surface area contributed by atoms with Crippen LogP contribution in [-0.2, 0) is 23.4 Å². The molecule has 3 aromatic rings. The minimum Gasteiger partial charge on any atom is -0.457 e. The average Bonchev–Trinajstić information content (AvgIpc) is 3.54. The average molecular weight is 567 g/mol. The van der Waals surface area contributed by atoms with Gasteiger partial charge in [0.05, 0.1) is 12.9 Å². The van der Waals surface area contributed by atoms with Crippen molar-refractivity contribution in [3.8, 4) is 0 Å². The van der Waals surface area contributed by atoms with Crippen molar-refractivity contribution in [3.63, 3.8) is 0 Å². The van der Waals surface area contributed by atoms with Gasteiger partial charge in [-0.2, -0.15) is 4.98 Å². The van der Waals surface area contributed by atoms with Gasteiger partial charge in [-0.1, -0.05) is 41.7 Å². The Morgan fingerprint density at radius 2 is 2.16 bits per heavy atom. The van der Waals surface area contributed by atoms with Gasteiger partial charge in [0, 0.05) is 5.75 Å². The molecule has 5 rings (SSSR count). The number of esters is 1. The van der Waals surface area contributed by atoms with Crippen molar-refractivity contribution in [2.24, 2.45) is 0 Å². The molecule has 4 heterocycles. The van der Waals surface area contributed by atoms with Crippen LogP contribution in [0, 0.1) is 0 Å². The largest absolute Gasteiger partial charge is 0.457 e. The lowest BCUT2D eigenvalue weighted by molar-refractivity contribution is -0.150. The third kappa shape index (κ3) is 4.98. The number of nitrogens with zero attached hydrogens (tertiary/aromatic N) is 3. The summed E-state index contributed by atoms with van der Waals surface area (Å²) in [6.45, 7) is -0.825. The predicted octanol–water partition coefficient (Wildman–Crippen LogP) is 0.845. The topological polar surface area (TPSA) is 204 Å². The number of fused-ring (bicyclic) bond motifs is 1. The number of hydrogen-bond donors (Lipinski definition) is 5. The molecular weight excluding hydrogens is 539 g/mol. The summed E-state index contributed by atoms with van der Waals surface area (Å²) in [6.07, 6.45) is -3.03. The SMILES string of the molecule is C[C@H](OC(=O)[C@@H]1CS[P@@](=O)(OCC2O[C@@H](n3cnc4c(=O)[nH]c(N)nc43)[C@](C)(O)[C@@H]2O)N1)c1ccccc1. The summed E-state index contributed by atoms with van der Waals surface area (Å²) in [6, 6.07) is 8.37. The normalized spacial score (nSPS) is 32.0. The molecule has 14 nitrogen and oxygen atoms in total. The van der Waals surface area contributed by atoms with Crippen molar-refractivity contribution in [1.82, 2.24) is 24.6 Å². The predicted molar refractivity (Wildman–Crippen MR) is 137 cm³/mol. The van der Waals surface area contributed by atoms with Crippen LogP contribution in [0.15, 0.2) is 41.5 Å². The summed E-state index contributed by atoms with van der Waals surface area (Å²) >= 11 is 0.937. The number of carbonyl (C=O) groups excluding carboxylic acids is 1. The summed E-state index contributed by atoms with van der Waals surface area (Å²) in [5.41, 5.74) is 4.07. The molecule has 2 saturated heterocycles. The number of carbonyl (C=O) groups is 1. The van der Waals surface area contributed by atoms with E-state index in [4.69, 9.17) is 19.7 Å². The first-order valence-electron chi connectivity index (χ1n) is 11.7. The summed E-state index contributed by atoms with van der Waals surface area (Å²) < 4.78 is 31.5. The Labute approximate surface area is 220 Å². The van der Waals surface area contributed by atoms with Gasteiger partial charge in [0.1, 0.15) is 30.0 Å². The second kappa shape index (κ2) is 10.1. The van der Waals surface area contributed by atoms with Crippen molar-refractivity contribution in [3.05, 3.63) is 52.6 Å². The Kier molecular flexibility index (Phi) is 7.11. The summed E-state index contributed by atoms with van der Waals surface area (Å²) in [5.74, 6) is -0.561. The smallest absolute Gasteiger partial charge is 0.327 e. The highest BCUT2D eigenvalue weighted by Crippen LogP contribution is 2.61. The van der Waals surface area contributed by atoms with Crippen LogP contribution >= 0.6 is 18.1 Å². The number of hydrogen-bond acceptors (Lipinski definition) is 12. The highest BCUT2D eigenvalue weighted by atomic mass is 32.7. The van der Waals surface area contributed by atoms with Gasteiger partial charge in [0.25, 0.3) is 5.56 Å². The highest BCUT2D eigenvalue weighted by Gasteiger charge is 2.54. The molecule has 1 aromatic carbocycles. The molecule has 0 aliphatic carbocycles. The van der Waals surface area contributed by atoms with E-state index in [1.807, 2.05) is 30.3 Å². The first-order chi connectivity index (χ1) is 18.0. The molecule has 0 saturated carbocycles. The Balaban J connectivity index is 1.23. The first-order valence-corrected chi connectivity index (χ1v) is 14.9. The van der Waals surface area contributed by atoms with Crippen LogP contribution in [0.3, 0.4) is 0 Å². The van der Waals surface area contributed by atoms with Gasteiger partial charge in [-0.25, -0.2) is 10.1 Å². The maximum Gasteiger partial charge on any atom is 0.327 e. The molecule has 0 amide bonds. The molecular formula is C22H27N6O8PS. The quantitative estimate of drug-likeness (QED) is 0.199. The lowest BCUT2D eigenvalue weighted by Gasteiger charge is -2.27. The lowest BCUT2D eigenvalue weighted by atomic mass is 9.96. The molecule has 16 heteroatoms. The molecule has 6 N–H and O–H groups in total. The molecule has 204 valence electrons. The van der Waals surface area contributed by atoms with Gasteiger partial charge >= 0.3 is 12.7 Å². The second-order valence-electron chi connectivity index (χ2n) is 9.23. The van der Waals surface area contributed by atoms with Crippen LogP contribution < -0.4 is 16.4 Å². The number of benzene rings is 1. The fraction of sp³-hybridized carbons (Fsp3) is 0.455. The van der Waals surface area contributed by atoms with Gasteiger partial charge in [-0.3, -0.25) is 23.7 Å². The number of aromatic nitrogens is 4. The number of anilines is 1. The van der Waals surface area contributed by atoms with Crippen LogP contribution in [0.4, 0.5) is 5.95 Å². The van der Waals surface area contributed by atoms with Crippen molar-refractivity contribution in [1.29, 1.82) is 0 Å². The Morgan fingerprint density at radius 1 is 1.42 bits per heavy atom. The fourth-order valence-electron chi connectivity index (χ4n) is 4.35. The van der Waals surface area contributed by atoms with Crippen LogP contribution in [-0.4, -0.2) is 71.9 Å². The zero-order valence-electron chi connectivity index (χ0n) is 20.4. The maximum absolute atomic E-state index is 13.2. The number of rotatable bonds is 7. The molecule has 0 radical (unpaired) electrons. The van der Waals surface area contributed by atoms with E-state index in [9.17, 15) is 24.4 Å². The van der Waals surface area contributed by atoms with Crippen molar-refractivity contribution >= 4 is 41.2 Å². The molecule has 0 bridgehead atoms. The number of nitrogen functional groups attached to an aromatic ring is 1. The maximum atomic E-state index is 13.2. The van der Waals surface area contributed by atoms with Gasteiger partial charge < -0.3 is 29.9 Å². The third-order valence-corrected chi connectivity index (χ3v) is 10.5. The zero-order valence-corrected chi connectivity index (χ0v) is 22.1. The van der Waals surface area contributed by atoms with Crippen molar-refractivity contribution < 1.29 is 33.6 Å². The van der Waals surface area contributed by atoms with Crippen LogP contribution in [0.1, 0.15) is 31.7 Å². The lowest BCUT2D eigenvalue weighted by Crippen LogP contribution is -2.44. The molecule has 0 spiro atoms. The molecule has 2 aromatic heterocycles. The van der Waals surface area contributed by atoms with Gasteiger partial charge in [-0.15, -0.1) is 0 Å². The second-order valence-corrected chi connectivity index (χ2v) is 13.6. The Hall–Kier alpha value is -2.78. The van der Waals surface area contributed by atoms with E-state index >= 15 is 0 Å². The zero-order chi connectivity index (χ0) is 27.2. The van der Waals surface area contributed by atoms with E-state index in [-0.39, 0.29) is 29.5 Å². The van der Waals surface area contributed by atoms with Crippen molar-refractivity contribution in [2.75, 3.05) is 18.1 Å². The number of aliphatic hydroxyl groups is 2. The number of nitrogens with two attached hydrogens (primary N) is 1. The molecule has 2 aliphatic heterocycles. The fourth-order valence-corrected chi connectivity index (χ4v) is 8.23. The van der Waals surface area contributed by atoms with E-state index in [0.717, 1.165) is 16.9 Å². The van der Waals surface area contributed by atoms with E-state index in [1.165, 1.54) is 17.8 Å². The molecule has 2 aliphatic rings. The minimum atomic E-state index is -3.55. The Morgan fingerprint density at radius 3 is 2.89 bits per heavy atom. The number of imidazole rings is 1. The van der Waals surface area contributed by atoms with E-state index < -0.39 is 54.4 Å². The van der Waals surface area contributed by atoms with Crippen molar-refractivity contribution in [2.45, 2.75) is 50.0 Å². The molecule has 1 unspecified atom stereocenters. The standard InChI is InChI=1S/C22H27N6O8PS/c1-11(12-6-4-3-5-7-12)35-19(31)13-9-38-37(33,27-13)34-8-14-16(29)22(2,32)20(36-14)28-10-24-15-17(28)25-21(23)26-18(15)30/h3-7,10-11,13-14,16,20,29,32H,8-9H2,1-2H3,(H,27,33)(H3,23,25,26,30)/t11-,13-,14?,16+,20+,22+,37-/m0/s1. The summed E-state index contributed by atoms with van der Waals surface area (Å²) in [5, 5.41) is 24.5. The highest BCUT2D eigenvalue weighted by molar-refractivity contribution is 8.56. The number of nitrogens with one attached hydrogen (secondary N) is 2. The third-order valence-electron chi connectivity index (χ3n) is 6.44. The molecule has 2 fully saturated rings. The molecule has 38 heavy (non-hydrogen) atoms. The minimum absolute atomic E-state index is 0.0247. The molecule has 7 atom stereocenters. The van der Waals surface area contributed by atoms with E-state index in [2.05, 4.69) is 20.0 Å². The van der Waals surface area contributed by atoms with E-state index in [1.54, 1.807) is 6.92 Å². The number of ether oxygens (including phenoxy) is 2. The number of aliphatic hydroxyl groups excluding tert-OH is 1. The number of H-pyrrole nitrogens is 1. The summed E-state index contributed by atoms with van der Waals surface area (Å²) in [4.78, 5) is 35.1. The van der Waals surface area contributed by atoms with E-state index in [0.29, 0.717) is 0 Å². The van der Waals surface area contributed by atoms with Crippen LogP contribution in [0.5, 0.6) is 0 Å². The monoisotopic (exact) mass is 566 g/mol. The number of aromatic amines is 1. The Bertz CT molecular complexity index is 1450. The van der Waals surface area contributed by atoms with Gasteiger partial charge in [-0.05, 0) is 19.4 Å². The van der Waals surface area contributed by atoms with Gasteiger partial charge in [0.2, 0.25) is 5.95 Å². The first kappa shape index (κ1) is 26.8.